The number of benzene rings is 3. The molecule has 0 bridgehead atoms. The summed E-state index contributed by atoms with van der Waals surface area (Å²) >= 11 is 13.3. The number of piperazine rings is 1. The molecule has 3 aliphatic heterocycles. The fourth-order valence-electron chi connectivity index (χ4n) is 8.33. The number of pyridine rings is 2. The SMILES string of the molecule is CC1CC=CN2C(=C1c1ccccc1)c1c(CNc3cccnc3N3CCN(C(=O)c4ccccn4)CC3)[nH]c3cc(Cl)cc(c13)C2c1ccc(Cl)cc1. The van der Waals surface area contributed by atoms with Crippen molar-refractivity contribution < 1.29 is 4.79 Å². The van der Waals surface area contributed by atoms with Gasteiger partial charge in [-0.3, -0.25) is 9.78 Å². The topological polar surface area (TPSA) is 80.4 Å². The number of carbonyl (C=O) groups is 1. The maximum atomic E-state index is 13.1. The summed E-state index contributed by atoms with van der Waals surface area (Å²) in [6, 6.07) is 32.5. The van der Waals surface area contributed by atoms with E-state index < -0.39 is 0 Å². The second kappa shape index (κ2) is 14.3. The molecule has 0 spiro atoms. The van der Waals surface area contributed by atoms with Crippen molar-refractivity contribution in [3.8, 4) is 0 Å². The first kappa shape index (κ1) is 34.2. The van der Waals surface area contributed by atoms with Crippen LogP contribution in [-0.2, 0) is 6.54 Å². The van der Waals surface area contributed by atoms with Gasteiger partial charge in [0.15, 0.2) is 5.82 Å². The van der Waals surface area contributed by atoms with E-state index in [0.29, 0.717) is 48.5 Å². The number of fused-ring (bicyclic) bond motifs is 2. The standard InChI is InChI=1S/C44H39Cl2N7O/c1-28-9-8-20-53-41(30-14-16-31(45)17-15-30)33-25-32(46)26-36-39(33)40(42(53)38(28)29-10-3-2-4-11-29)37(50-36)27-49-34-13-7-19-48-43(34)51-21-23-52(24-22-51)44(54)35-12-5-6-18-47-35/h2-8,10-20,25-26,28,41,49-50H,9,21-24,27H2,1H3. The molecule has 3 aromatic carbocycles. The van der Waals surface area contributed by atoms with Crippen molar-refractivity contribution in [3.63, 3.8) is 0 Å². The van der Waals surface area contributed by atoms with E-state index in [9.17, 15) is 4.79 Å². The van der Waals surface area contributed by atoms with Crippen LogP contribution in [0.4, 0.5) is 11.5 Å². The van der Waals surface area contributed by atoms with E-state index in [1.54, 1.807) is 12.3 Å². The van der Waals surface area contributed by atoms with Crippen molar-refractivity contribution in [2.45, 2.75) is 25.9 Å². The van der Waals surface area contributed by atoms with Gasteiger partial charge in [0.2, 0.25) is 0 Å². The Hall–Kier alpha value is -5.57. The monoisotopic (exact) mass is 751 g/mol. The molecule has 2 atom stereocenters. The van der Waals surface area contributed by atoms with Gasteiger partial charge in [0, 0.05) is 77.0 Å². The highest BCUT2D eigenvalue weighted by molar-refractivity contribution is 6.31. The van der Waals surface area contributed by atoms with Gasteiger partial charge in [-0.15, -0.1) is 0 Å². The normalized spacial score (nSPS) is 18.2. The quantitative estimate of drug-likeness (QED) is 0.169. The molecular formula is C44H39Cl2N7O. The number of aromatic nitrogens is 3. The minimum absolute atomic E-state index is 0.0407. The maximum absolute atomic E-state index is 13.1. The van der Waals surface area contributed by atoms with Crippen molar-refractivity contribution in [3.05, 3.63) is 165 Å². The van der Waals surface area contributed by atoms with Gasteiger partial charge < -0.3 is 25.0 Å². The minimum Gasteiger partial charge on any atom is -0.376 e. The molecule has 9 rings (SSSR count). The number of anilines is 2. The third-order valence-electron chi connectivity index (χ3n) is 10.8. The number of allylic oxidation sites excluding steroid dienone is 2. The van der Waals surface area contributed by atoms with E-state index in [1.165, 1.54) is 27.8 Å². The number of halogens is 2. The lowest BCUT2D eigenvalue weighted by atomic mass is 9.82. The molecule has 0 aliphatic carbocycles. The van der Waals surface area contributed by atoms with Crippen LogP contribution in [0.25, 0.3) is 22.2 Å². The first-order valence-corrected chi connectivity index (χ1v) is 19.2. The summed E-state index contributed by atoms with van der Waals surface area (Å²) in [7, 11) is 0. The summed E-state index contributed by atoms with van der Waals surface area (Å²) in [5.74, 6) is 1.10. The first-order valence-electron chi connectivity index (χ1n) is 18.4. The van der Waals surface area contributed by atoms with E-state index in [-0.39, 0.29) is 17.9 Å². The fourth-order valence-corrected chi connectivity index (χ4v) is 8.68. The van der Waals surface area contributed by atoms with Crippen LogP contribution in [0.1, 0.15) is 57.8 Å². The summed E-state index contributed by atoms with van der Waals surface area (Å²) in [6.45, 7) is 5.37. The molecule has 3 aromatic heterocycles. The highest BCUT2D eigenvalue weighted by Gasteiger charge is 2.38. The predicted octanol–water partition coefficient (Wildman–Crippen LogP) is 9.67. The number of nitrogens with one attached hydrogen (secondary N) is 2. The summed E-state index contributed by atoms with van der Waals surface area (Å²) in [4.78, 5) is 32.6. The van der Waals surface area contributed by atoms with Crippen LogP contribution in [0.15, 0.2) is 122 Å². The lowest BCUT2D eigenvalue weighted by Crippen LogP contribution is -2.49. The lowest BCUT2D eigenvalue weighted by Gasteiger charge is -2.39. The summed E-state index contributed by atoms with van der Waals surface area (Å²) < 4.78 is 0. The molecular weight excluding hydrogens is 713 g/mol. The molecule has 2 N–H and O–H groups in total. The Morgan fingerprint density at radius 1 is 0.870 bits per heavy atom. The molecule has 1 amide bonds. The molecule has 270 valence electrons. The van der Waals surface area contributed by atoms with Crippen LogP contribution >= 0.6 is 23.2 Å². The van der Waals surface area contributed by atoms with Gasteiger partial charge in [-0.1, -0.05) is 84.7 Å². The van der Waals surface area contributed by atoms with Gasteiger partial charge in [0.25, 0.3) is 5.91 Å². The highest BCUT2D eigenvalue weighted by atomic mass is 35.5. The Morgan fingerprint density at radius 3 is 2.43 bits per heavy atom. The zero-order chi connectivity index (χ0) is 36.8. The van der Waals surface area contributed by atoms with E-state index in [2.05, 4.69) is 98.9 Å². The van der Waals surface area contributed by atoms with Gasteiger partial charge in [0.05, 0.1) is 24.0 Å². The predicted molar refractivity (Wildman–Crippen MR) is 219 cm³/mol. The van der Waals surface area contributed by atoms with E-state index in [1.807, 2.05) is 47.5 Å². The Labute approximate surface area is 324 Å². The number of hydrogen-bond donors (Lipinski definition) is 2. The molecule has 54 heavy (non-hydrogen) atoms. The van der Waals surface area contributed by atoms with Crippen molar-refractivity contribution in [2.75, 3.05) is 36.4 Å². The second-order valence-corrected chi connectivity index (χ2v) is 15.0. The van der Waals surface area contributed by atoms with Crippen LogP contribution in [0, 0.1) is 5.92 Å². The average Bonchev–Trinajstić information content (AvgIpc) is 3.48. The van der Waals surface area contributed by atoms with Gasteiger partial charge in [-0.2, -0.15) is 0 Å². The van der Waals surface area contributed by atoms with Crippen molar-refractivity contribution in [2.24, 2.45) is 5.92 Å². The molecule has 8 nitrogen and oxygen atoms in total. The van der Waals surface area contributed by atoms with Crippen LogP contribution in [0.5, 0.6) is 0 Å². The number of carbonyl (C=O) groups excluding carboxylic acids is 1. The van der Waals surface area contributed by atoms with Crippen LogP contribution in [0.3, 0.4) is 0 Å². The summed E-state index contributed by atoms with van der Waals surface area (Å²) in [5.41, 5.74) is 10.7. The number of amides is 1. The zero-order valence-corrected chi connectivity index (χ0v) is 31.4. The van der Waals surface area contributed by atoms with Crippen LogP contribution in [0.2, 0.25) is 10.0 Å². The fraction of sp³-hybridized carbons (Fsp3) is 0.205. The van der Waals surface area contributed by atoms with Crippen LogP contribution < -0.4 is 10.2 Å². The van der Waals surface area contributed by atoms with Crippen molar-refractivity contribution in [1.82, 2.24) is 24.8 Å². The number of aromatic amines is 1. The number of rotatable bonds is 7. The van der Waals surface area contributed by atoms with E-state index in [0.717, 1.165) is 40.3 Å². The van der Waals surface area contributed by atoms with E-state index in [4.69, 9.17) is 28.2 Å². The molecule has 1 saturated heterocycles. The van der Waals surface area contributed by atoms with Gasteiger partial charge in [-0.25, -0.2) is 4.98 Å². The third kappa shape index (κ3) is 6.19. The Morgan fingerprint density at radius 2 is 1.65 bits per heavy atom. The average molecular weight is 753 g/mol. The molecule has 0 radical (unpaired) electrons. The zero-order valence-electron chi connectivity index (χ0n) is 29.8. The Bertz CT molecular complexity index is 2400. The van der Waals surface area contributed by atoms with Crippen molar-refractivity contribution in [1.29, 1.82) is 0 Å². The summed E-state index contributed by atoms with van der Waals surface area (Å²) in [5, 5.41) is 6.34. The third-order valence-corrected chi connectivity index (χ3v) is 11.3. The molecule has 6 aromatic rings. The number of H-pyrrole nitrogens is 1. The number of hydrogen-bond acceptors (Lipinski definition) is 6. The molecule has 10 heteroatoms. The van der Waals surface area contributed by atoms with Gasteiger partial charge in [0.1, 0.15) is 5.69 Å². The van der Waals surface area contributed by atoms with Crippen molar-refractivity contribution >= 4 is 62.8 Å². The summed E-state index contributed by atoms with van der Waals surface area (Å²) in [6.07, 6.45) is 8.96. The number of nitrogens with zero attached hydrogens (tertiary/aromatic N) is 5. The smallest absolute Gasteiger partial charge is 0.272 e. The molecule has 6 heterocycles. The minimum atomic E-state index is -0.115. The Kier molecular flexibility index (Phi) is 9.09. The molecule has 1 fully saturated rings. The van der Waals surface area contributed by atoms with Gasteiger partial charge >= 0.3 is 0 Å². The van der Waals surface area contributed by atoms with Crippen LogP contribution in [-0.4, -0.2) is 56.8 Å². The highest BCUT2D eigenvalue weighted by Crippen LogP contribution is 2.53. The Balaban J connectivity index is 1.12. The first-order chi connectivity index (χ1) is 26.4. The second-order valence-electron chi connectivity index (χ2n) is 14.1. The van der Waals surface area contributed by atoms with E-state index >= 15 is 0 Å². The molecule has 0 saturated carbocycles. The molecule has 2 unspecified atom stereocenters. The molecule has 3 aliphatic rings. The lowest BCUT2D eigenvalue weighted by molar-refractivity contribution is 0.0740. The largest absolute Gasteiger partial charge is 0.376 e. The van der Waals surface area contributed by atoms with Gasteiger partial charge in [-0.05, 0) is 83.1 Å². The maximum Gasteiger partial charge on any atom is 0.272 e.